The van der Waals surface area contributed by atoms with Gasteiger partial charge in [-0.05, 0) is 71.1 Å². The summed E-state index contributed by atoms with van der Waals surface area (Å²) in [4.78, 5) is 30.8. The third-order valence-electron chi connectivity index (χ3n) is 7.52. The van der Waals surface area contributed by atoms with E-state index in [-0.39, 0.29) is 11.7 Å². The van der Waals surface area contributed by atoms with Gasteiger partial charge in [-0.25, -0.2) is 8.42 Å². The zero-order chi connectivity index (χ0) is 28.3. The minimum atomic E-state index is -3.22. The van der Waals surface area contributed by atoms with E-state index in [0.29, 0.717) is 40.0 Å². The van der Waals surface area contributed by atoms with Gasteiger partial charge in [0.2, 0.25) is 0 Å². The van der Waals surface area contributed by atoms with Gasteiger partial charge in [0.05, 0.1) is 30.5 Å². The Morgan fingerprint density at radius 1 is 1.02 bits per heavy atom. The number of sulfone groups is 1. The van der Waals surface area contributed by atoms with E-state index in [1.54, 1.807) is 42.3 Å². The zero-order valence-electron chi connectivity index (χ0n) is 22.2. The Balaban J connectivity index is 1.52. The Kier molecular flexibility index (Phi) is 5.92. The number of carbonyl (C=O) groups excluding carboxylic acids is 2. The first-order valence-electron chi connectivity index (χ1n) is 12.7. The number of anilines is 1. The number of nitrogens with zero attached hydrogens (tertiary/aromatic N) is 1. The van der Waals surface area contributed by atoms with Crippen LogP contribution in [0.3, 0.4) is 0 Å². The normalized spacial score (nSPS) is 13.3. The first kappa shape index (κ1) is 25.6. The fourth-order valence-electron chi connectivity index (χ4n) is 5.71. The van der Waals surface area contributed by atoms with E-state index >= 15 is 0 Å². The van der Waals surface area contributed by atoms with Crippen LogP contribution in [-0.4, -0.2) is 38.6 Å². The third kappa shape index (κ3) is 4.19. The van der Waals surface area contributed by atoms with Crippen LogP contribution in [-0.2, 0) is 22.1 Å². The van der Waals surface area contributed by atoms with Crippen LogP contribution in [0.1, 0.15) is 37.4 Å². The number of fused-ring (bicyclic) bond motifs is 4. The lowest BCUT2D eigenvalue weighted by Crippen LogP contribution is -2.24. The summed E-state index contributed by atoms with van der Waals surface area (Å²) >= 11 is 0. The molecule has 40 heavy (non-hydrogen) atoms. The predicted molar refractivity (Wildman–Crippen MR) is 157 cm³/mol. The fraction of sp³-hybridized carbons (Fsp3) is 0.161. The maximum absolute atomic E-state index is 13.4. The Bertz CT molecular complexity index is 1990. The molecule has 202 valence electrons. The van der Waals surface area contributed by atoms with Gasteiger partial charge in [0.25, 0.3) is 11.8 Å². The molecule has 1 aromatic heterocycles. The predicted octanol–water partition coefficient (Wildman–Crippen LogP) is 5.11. The van der Waals surface area contributed by atoms with Crippen molar-refractivity contribution in [2.24, 2.45) is 5.73 Å². The van der Waals surface area contributed by atoms with Crippen LogP contribution < -0.4 is 15.4 Å². The fourth-order valence-corrected chi connectivity index (χ4v) is 6.49. The van der Waals surface area contributed by atoms with Crippen LogP contribution in [0, 0.1) is 6.92 Å². The molecule has 4 aromatic carbocycles. The lowest BCUT2D eigenvalue weighted by Gasteiger charge is -2.21. The van der Waals surface area contributed by atoms with E-state index in [1.165, 1.54) is 6.26 Å². The van der Waals surface area contributed by atoms with Crippen molar-refractivity contribution in [1.82, 2.24) is 4.98 Å². The highest BCUT2D eigenvalue weighted by Gasteiger charge is 2.30. The quantitative estimate of drug-likeness (QED) is 0.303. The van der Waals surface area contributed by atoms with E-state index in [4.69, 9.17) is 10.5 Å². The van der Waals surface area contributed by atoms with E-state index in [0.717, 1.165) is 38.7 Å². The van der Waals surface area contributed by atoms with Crippen molar-refractivity contribution in [1.29, 1.82) is 0 Å². The van der Waals surface area contributed by atoms with Gasteiger partial charge in [0.1, 0.15) is 5.75 Å². The molecule has 3 N–H and O–H groups in total. The highest BCUT2D eigenvalue weighted by molar-refractivity contribution is 7.89. The van der Waals surface area contributed by atoms with E-state index in [1.807, 2.05) is 43.3 Å². The Labute approximate surface area is 231 Å². The molecule has 0 fully saturated rings. The van der Waals surface area contributed by atoms with Crippen molar-refractivity contribution < 1.29 is 22.7 Å². The van der Waals surface area contributed by atoms with Crippen molar-refractivity contribution in [2.75, 3.05) is 18.3 Å². The number of aromatic nitrogens is 1. The minimum Gasteiger partial charge on any atom is -0.497 e. The Hall–Kier alpha value is -4.63. The Morgan fingerprint density at radius 3 is 2.52 bits per heavy atom. The van der Waals surface area contributed by atoms with Crippen molar-refractivity contribution in [2.45, 2.75) is 19.2 Å². The number of hydrogen-bond donors (Lipinski definition) is 2. The molecule has 6 rings (SSSR count). The average Bonchev–Trinajstić information content (AvgIpc) is 3.44. The SMILES string of the molecule is COc1ccc2c(c1)CN(c1cccc(-c3ccc(C(N)=O)c4[nH]c5cc(CS(C)(=O)=O)ccc5c34)c1C)C2=O. The number of nitrogens with two attached hydrogens (primary N) is 1. The van der Waals surface area contributed by atoms with Crippen LogP contribution in [0.15, 0.2) is 66.7 Å². The van der Waals surface area contributed by atoms with E-state index in [9.17, 15) is 18.0 Å². The smallest absolute Gasteiger partial charge is 0.258 e. The summed E-state index contributed by atoms with van der Waals surface area (Å²) in [5.74, 6) is -0.0270. The summed E-state index contributed by atoms with van der Waals surface area (Å²) in [6.07, 6.45) is 1.20. The molecule has 0 bridgehead atoms. The number of hydrogen-bond acceptors (Lipinski definition) is 5. The highest BCUT2D eigenvalue weighted by Crippen LogP contribution is 2.41. The van der Waals surface area contributed by atoms with E-state index in [2.05, 4.69) is 4.98 Å². The molecule has 5 aromatic rings. The molecule has 1 aliphatic heterocycles. The summed E-state index contributed by atoms with van der Waals surface area (Å²) in [6, 6.07) is 20.3. The summed E-state index contributed by atoms with van der Waals surface area (Å²) in [7, 11) is -1.62. The summed E-state index contributed by atoms with van der Waals surface area (Å²) in [5, 5.41) is 1.64. The maximum atomic E-state index is 13.4. The number of primary amides is 1. The molecule has 0 saturated carbocycles. The van der Waals surface area contributed by atoms with E-state index < -0.39 is 15.7 Å². The van der Waals surface area contributed by atoms with Crippen molar-refractivity contribution in [3.05, 3.63) is 94.5 Å². The number of nitrogens with one attached hydrogen (secondary N) is 1. The molecule has 0 saturated heterocycles. The van der Waals surface area contributed by atoms with Crippen LogP contribution in [0.25, 0.3) is 32.9 Å². The second-order valence-corrected chi connectivity index (χ2v) is 12.4. The topological polar surface area (TPSA) is 123 Å². The average molecular weight is 554 g/mol. The number of benzene rings is 4. The van der Waals surface area contributed by atoms with Crippen LogP contribution in [0.2, 0.25) is 0 Å². The molecule has 0 atom stereocenters. The van der Waals surface area contributed by atoms with Gasteiger partial charge in [0, 0.05) is 33.8 Å². The van der Waals surface area contributed by atoms with Gasteiger partial charge in [0.15, 0.2) is 9.84 Å². The van der Waals surface area contributed by atoms with Crippen molar-refractivity contribution in [3.63, 3.8) is 0 Å². The molecule has 0 radical (unpaired) electrons. The van der Waals surface area contributed by atoms with Gasteiger partial charge >= 0.3 is 0 Å². The van der Waals surface area contributed by atoms with Gasteiger partial charge in [-0.2, -0.15) is 0 Å². The molecular formula is C31H27N3O5S. The lowest BCUT2D eigenvalue weighted by molar-refractivity contribution is 0.0990. The van der Waals surface area contributed by atoms with Crippen molar-refractivity contribution >= 4 is 49.1 Å². The molecule has 9 heteroatoms. The molecule has 1 aliphatic rings. The number of carbonyl (C=O) groups is 2. The lowest BCUT2D eigenvalue weighted by atomic mass is 9.93. The molecule has 8 nitrogen and oxygen atoms in total. The standard InChI is InChI=1S/C31H27N3O5S/c1-17-21(5-4-6-27(17)34-15-19-14-20(39-2)8-10-22(19)31(34)36)23-11-12-25(30(32)35)29-28(23)24-9-7-18(13-26(24)33-29)16-40(3,37)38/h4-14,33H,15-16H2,1-3H3,(H2,32,35). The monoisotopic (exact) mass is 553 g/mol. The van der Waals surface area contributed by atoms with Gasteiger partial charge in [-0.15, -0.1) is 0 Å². The number of ether oxygens (including phenoxy) is 1. The summed E-state index contributed by atoms with van der Waals surface area (Å²) in [5.41, 5.74) is 13.0. The van der Waals surface area contributed by atoms with Gasteiger partial charge < -0.3 is 20.4 Å². The first-order chi connectivity index (χ1) is 19.1. The first-order valence-corrected chi connectivity index (χ1v) is 14.8. The zero-order valence-corrected chi connectivity index (χ0v) is 23.1. The second kappa shape index (κ2) is 9.24. The molecule has 0 spiro atoms. The highest BCUT2D eigenvalue weighted by atomic mass is 32.2. The van der Waals surface area contributed by atoms with Crippen LogP contribution >= 0.6 is 0 Å². The molecule has 0 unspecified atom stereocenters. The number of rotatable bonds is 6. The molecule has 2 heterocycles. The third-order valence-corrected chi connectivity index (χ3v) is 8.37. The second-order valence-electron chi connectivity index (χ2n) is 10.2. The maximum Gasteiger partial charge on any atom is 0.258 e. The molecule has 0 aliphatic carbocycles. The number of aromatic amines is 1. The Morgan fingerprint density at radius 2 is 1.80 bits per heavy atom. The van der Waals surface area contributed by atoms with Crippen molar-refractivity contribution in [3.8, 4) is 16.9 Å². The number of amides is 2. The summed E-state index contributed by atoms with van der Waals surface area (Å²) in [6.45, 7) is 2.41. The van der Waals surface area contributed by atoms with Crippen LogP contribution in [0.5, 0.6) is 5.75 Å². The number of H-pyrrole nitrogens is 1. The largest absolute Gasteiger partial charge is 0.497 e. The van der Waals surface area contributed by atoms with Gasteiger partial charge in [-0.3, -0.25) is 9.59 Å². The summed E-state index contributed by atoms with van der Waals surface area (Å²) < 4.78 is 29.1. The van der Waals surface area contributed by atoms with Gasteiger partial charge in [-0.1, -0.05) is 30.3 Å². The minimum absolute atomic E-state index is 0.0716. The molecule has 2 amide bonds. The molecular weight excluding hydrogens is 526 g/mol. The number of methoxy groups -OCH3 is 1. The van der Waals surface area contributed by atoms with Crippen LogP contribution in [0.4, 0.5) is 5.69 Å².